The Morgan fingerprint density at radius 1 is 0.783 bits per heavy atom. The number of aliphatic hydroxyl groups is 2. The second-order valence-corrected chi connectivity index (χ2v) is 23.1. The number of anilines is 1. The first-order chi connectivity index (χ1) is 39.8. The third kappa shape index (κ3) is 20.6. The lowest BCUT2D eigenvalue weighted by atomic mass is 9.95. The van der Waals surface area contributed by atoms with E-state index >= 15 is 0 Å². The number of rotatable bonds is 31. The zero-order valence-electron chi connectivity index (χ0n) is 47.9. The zero-order chi connectivity index (χ0) is 60.0. The molecule has 9 N–H and O–H groups in total. The molecule has 2 fully saturated rings. The minimum absolute atomic E-state index is 0.00460. The van der Waals surface area contributed by atoms with Gasteiger partial charge in [0.1, 0.15) is 47.8 Å². The normalized spacial score (nSPS) is 17.6. The van der Waals surface area contributed by atoms with E-state index in [0.29, 0.717) is 5.75 Å². The van der Waals surface area contributed by atoms with Gasteiger partial charge in [0, 0.05) is 61.2 Å². The Labute approximate surface area is 487 Å². The van der Waals surface area contributed by atoms with E-state index in [1.165, 1.54) is 35.7 Å². The minimum Gasteiger partial charge on any atom is -0.467 e. The molecule has 1 saturated carbocycles. The summed E-state index contributed by atoms with van der Waals surface area (Å²) in [6.07, 6.45) is 5.04. The summed E-state index contributed by atoms with van der Waals surface area (Å²) in [4.78, 5) is 129. The van der Waals surface area contributed by atoms with E-state index in [1.54, 1.807) is 44.3 Å². The highest BCUT2D eigenvalue weighted by Crippen LogP contribution is 2.30. The van der Waals surface area contributed by atoms with Crippen molar-refractivity contribution < 1.29 is 62.8 Å². The van der Waals surface area contributed by atoms with Gasteiger partial charge in [-0.3, -0.25) is 38.1 Å². The molecule has 2 aliphatic rings. The molecule has 1 aliphatic heterocycles. The maximum atomic E-state index is 14.4. The molecule has 1 saturated heterocycles. The average Bonchev–Trinajstić information content (AvgIpc) is 4.37. The van der Waals surface area contributed by atoms with Gasteiger partial charge in [0.25, 0.3) is 0 Å². The maximum Gasteiger partial charge on any atom is 0.351 e. The highest BCUT2D eigenvalue weighted by Gasteiger charge is 2.35. The monoisotopic (exact) mass is 1170 g/mol. The molecular weight excluding hydrogens is 1090 g/mol. The molecular formula is C59H81N9O14S. The van der Waals surface area contributed by atoms with Crippen molar-refractivity contribution in [2.75, 3.05) is 24.8 Å². The molecule has 2 unspecified atom stereocenters. The Hall–Kier alpha value is -7.15. The SMILES string of the molecule is COC(=O)[C@H](Cc1ccccc1)NC(=O)[C@H](CCC(=O)OC1CCCCC1)NC(=O)C[C@@H](O)[C@@H](CC(C)C)NC(=O)[C@@H](NC(=O)[C@H](Cc1c[nH]c2ccccc12)NC(=O)CCCCC(=O)Nc1ccn(C2CSC(CO)O2)c(=O)n1)C(C)C. The van der Waals surface area contributed by atoms with Crippen LogP contribution >= 0.6 is 11.8 Å². The molecule has 8 atom stereocenters. The van der Waals surface area contributed by atoms with Crippen LogP contribution in [-0.2, 0) is 65.4 Å². The van der Waals surface area contributed by atoms with Crippen molar-refractivity contribution in [2.45, 2.75) is 178 Å². The van der Waals surface area contributed by atoms with Gasteiger partial charge >= 0.3 is 17.6 Å². The molecule has 0 radical (unpaired) electrons. The number of hydrogen-bond donors (Lipinski definition) is 9. The Morgan fingerprint density at radius 3 is 2.14 bits per heavy atom. The molecule has 24 heteroatoms. The molecule has 0 spiro atoms. The largest absolute Gasteiger partial charge is 0.467 e. The van der Waals surface area contributed by atoms with E-state index in [2.05, 4.69) is 41.9 Å². The van der Waals surface area contributed by atoms with Crippen LogP contribution in [0.3, 0.4) is 0 Å². The van der Waals surface area contributed by atoms with Gasteiger partial charge in [-0.1, -0.05) is 82.6 Å². The standard InChI is InChI=1S/C59H81N9O14S/c1-35(2)28-43(46(70)31-50(73)61-42(24-25-52(74)81-39-18-10-7-11-19-39)55(75)64-45(58(78)80-5)29-37-16-8-6-9-17-37)63-57(77)54(36(3)4)67-56(76)44(30-38-32-60-41-21-13-12-20-40(38)41)62-48(71)22-14-15-23-49(72)65-47-26-27-68(59(79)66-47)51-34-83-53(33-69)82-51/h6,8-9,12-13,16-17,20-21,26-27,32,35-36,39,42-46,51,53-54,60,69-70H,7,10-11,14-15,18-19,22-25,28-31,33-34H2,1-5H3,(H,61,73)(H,62,71)(H,63,77)(H,64,75)(H,67,76)(H,65,66,72,79)/t42-,43+,44-,45-,46+,51?,53?,54-/m0/s1. The number of methoxy groups -OCH3 is 1. The number of aromatic amines is 1. The van der Waals surface area contributed by atoms with Gasteiger partial charge in [-0.15, -0.1) is 11.8 Å². The first-order valence-corrected chi connectivity index (χ1v) is 29.7. The summed E-state index contributed by atoms with van der Waals surface area (Å²) >= 11 is 1.37. The van der Waals surface area contributed by atoms with Crippen LogP contribution in [0.1, 0.15) is 129 Å². The van der Waals surface area contributed by atoms with Crippen LogP contribution in [0.4, 0.5) is 5.82 Å². The summed E-state index contributed by atoms with van der Waals surface area (Å²) in [5.74, 6) is -5.17. The number of aromatic nitrogens is 3. The van der Waals surface area contributed by atoms with Crippen LogP contribution in [-0.4, -0.2) is 139 Å². The predicted octanol–water partition coefficient (Wildman–Crippen LogP) is 4.00. The number of H-pyrrole nitrogens is 1. The summed E-state index contributed by atoms with van der Waals surface area (Å²) in [6.45, 7) is 6.97. The fraction of sp³-hybridized carbons (Fsp3) is 0.559. The second kappa shape index (κ2) is 32.6. The maximum absolute atomic E-state index is 14.4. The lowest BCUT2D eigenvalue weighted by Gasteiger charge is -2.30. The van der Waals surface area contributed by atoms with Gasteiger partial charge in [-0.2, -0.15) is 4.98 Å². The smallest absolute Gasteiger partial charge is 0.351 e. The van der Waals surface area contributed by atoms with Crippen LogP contribution in [0.2, 0.25) is 0 Å². The summed E-state index contributed by atoms with van der Waals surface area (Å²) in [6, 6.07) is 12.0. The quantitative estimate of drug-likeness (QED) is 0.0254. The fourth-order valence-electron chi connectivity index (χ4n) is 10.0. The highest BCUT2D eigenvalue weighted by molar-refractivity contribution is 8.00. The summed E-state index contributed by atoms with van der Waals surface area (Å²) in [5.41, 5.74) is 1.19. The number of benzene rings is 2. The number of unbranched alkanes of at least 4 members (excludes halogenated alkanes) is 1. The molecule has 0 bridgehead atoms. The number of hydrogen-bond acceptors (Lipinski definition) is 16. The number of amides is 6. The van der Waals surface area contributed by atoms with Crippen molar-refractivity contribution in [3.05, 3.63) is 94.7 Å². The number of thioether (sulfide) groups is 1. The van der Waals surface area contributed by atoms with E-state index < -0.39 is 113 Å². The van der Waals surface area contributed by atoms with Gasteiger partial charge in [0.2, 0.25) is 35.4 Å². The number of nitrogens with one attached hydrogen (secondary N) is 7. The fourth-order valence-corrected chi connectivity index (χ4v) is 11.0. The molecule has 3 heterocycles. The molecule has 6 rings (SSSR count). The Morgan fingerprint density at radius 2 is 1.47 bits per heavy atom. The van der Waals surface area contributed by atoms with E-state index in [-0.39, 0.29) is 82.2 Å². The van der Waals surface area contributed by atoms with Crippen molar-refractivity contribution in [1.82, 2.24) is 41.1 Å². The number of carbonyl (C=O) groups is 8. The number of aliphatic hydroxyl groups excluding tert-OH is 2. The van der Waals surface area contributed by atoms with E-state index in [0.717, 1.165) is 54.1 Å². The summed E-state index contributed by atoms with van der Waals surface area (Å²) in [5, 5.41) is 38.3. The average molecular weight is 1170 g/mol. The summed E-state index contributed by atoms with van der Waals surface area (Å²) in [7, 11) is 1.19. The second-order valence-electron chi connectivity index (χ2n) is 21.9. The van der Waals surface area contributed by atoms with Crippen LogP contribution in [0.5, 0.6) is 0 Å². The number of ether oxygens (including phenoxy) is 3. The highest BCUT2D eigenvalue weighted by atomic mass is 32.2. The third-order valence-electron chi connectivity index (χ3n) is 14.5. The van der Waals surface area contributed by atoms with Crippen molar-refractivity contribution in [3.8, 4) is 0 Å². The Bertz CT molecular complexity index is 2880. The van der Waals surface area contributed by atoms with E-state index in [1.807, 2.05) is 44.2 Å². The van der Waals surface area contributed by atoms with Crippen molar-refractivity contribution in [1.29, 1.82) is 0 Å². The molecule has 2 aromatic carbocycles. The number of esters is 2. The zero-order valence-corrected chi connectivity index (χ0v) is 48.7. The molecule has 4 aromatic rings. The Balaban J connectivity index is 1.08. The predicted molar refractivity (Wildman–Crippen MR) is 310 cm³/mol. The molecule has 6 amide bonds. The van der Waals surface area contributed by atoms with Crippen LogP contribution in [0.15, 0.2) is 77.9 Å². The number of fused-ring (bicyclic) bond motifs is 1. The lowest BCUT2D eigenvalue weighted by Crippen LogP contribution is -2.58. The van der Waals surface area contributed by atoms with Gasteiger partial charge in [0.15, 0.2) is 0 Å². The molecule has 2 aromatic heterocycles. The van der Waals surface area contributed by atoms with Crippen LogP contribution < -0.4 is 37.6 Å². The van der Waals surface area contributed by atoms with Crippen molar-refractivity contribution in [2.24, 2.45) is 11.8 Å². The number of para-hydroxylation sites is 1. The van der Waals surface area contributed by atoms with Gasteiger partial charge in [-0.05, 0) is 86.5 Å². The van der Waals surface area contributed by atoms with E-state index in [4.69, 9.17) is 14.2 Å². The first kappa shape index (κ1) is 65.0. The van der Waals surface area contributed by atoms with Crippen LogP contribution in [0.25, 0.3) is 10.9 Å². The molecule has 83 heavy (non-hydrogen) atoms. The summed E-state index contributed by atoms with van der Waals surface area (Å²) < 4.78 is 17.6. The van der Waals surface area contributed by atoms with Gasteiger partial charge in [-0.25, -0.2) is 9.59 Å². The minimum atomic E-state index is -1.50. The lowest BCUT2D eigenvalue weighted by molar-refractivity contribution is -0.151. The topological polar surface area (TPSA) is 328 Å². The number of nitrogens with zero attached hydrogens (tertiary/aromatic N) is 2. The Kier molecular flexibility index (Phi) is 25.6. The molecule has 452 valence electrons. The van der Waals surface area contributed by atoms with Crippen molar-refractivity contribution in [3.63, 3.8) is 0 Å². The third-order valence-corrected chi connectivity index (χ3v) is 15.6. The van der Waals surface area contributed by atoms with Gasteiger partial charge < -0.3 is 61.3 Å². The number of carbonyl (C=O) groups excluding carboxylic acids is 8. The molecule has 1 aliphatic carbocycles. The van der Waals surface area contributed by atoms with Crippen LogP contribution in [0, 0.1) is 11.8 Å². The van der Waals surface area contributed by atoms with Gasteiger partial charge in [0.05, 0.1) is 32.3 Å². The van der Waals surface area contributed by atoms with Crippen molar-refractivity contribution >= 4 is 75.9 Å². The van der Waals surface area contributed by atoms with E-state index in [9.17, 15) is 53.4 Å². The first-order valence-electron chi connectivity index (χ1n) is 28.6. The molecule has 23 nitrogen and oxygen atoms in total.